The van der Waals surface area contributed by atoms with E-state index in [4.69, 9.17) is 9.47 Å². The molecule has 0 aromatic carbocycles. The molecule has 0 spiro atoms. The second-order valence-corrected chi connectivity index (χ2v) is 11.8. The van der Waals surface area contributed by atoms with E-state index in [1.807, 2.05) is 13.1 Å². The summed E-state index contributed by atoms with van der Waals surface area (Å²) in [6.07, 6.45) is 8.55. The number of halogens is 1. The van der Waals surface area contributed by atoms with Crippen molar-refractivity contribution in [3.8, 4) is 0 Å². The third-order valence-electron chi connectivity index (χ3n) is 6.94. The molecule has 192 valence electrons. The fourth-order valence-electron chi connectivity index (χ4n) is 5.30. The first-order valence-electron chi connectivity index (χ1n) is 10.8. The Labute approximate surface area is 202 Å². The van der Waals surface area contributed by atoms with Crippen LogP contribution in [0.15, 0.2) is 11.6 Å². The summed E-state index contributed by atoms with van der Waals surface area (Å²) >= 11 is 0. The average Bonchev–Trinajstić information content (AvgIpc) is 3.08. The van der Waals surface area contributed by atoms with Crippen LogP contribution in [-0.2, 0) is 28.1 Å². The maximum absolute atomic E-state index is 11.5. The monoisotopic (exact) mass is 510 g/mol. The molecule has 9 nitrogen and oxygen atoms in total. The Hall–Kier alpha value is -1.20. The molecule has 0 saturated carbocycles. The van der Waals surface area contributed by atoms with Gasteiger partial charge in [-0.2, -0.15) is 0 Å². The molecule has 4 bridgehead atoms. The fraction of sp³-hybridized carbons (Fsp3) is 0.818. The van der Waals surface area contributed by atoms with Gasteiger partial charge in [0.25, 0.3) is 0 Å². The van der Waals surface area contributed by atoms with E-state index in [9.17, 15) is 23.1 Å². The highest BCUT2D eigenvalue weighted by Gasteiger charge is 2.48. The number of hydrogen-bond donors (Lipinski definition) is 1. The Morgan fingerprint density at radius 3 is 2.18 bits per heavy atom. The lowest BCUT2D eigenvalue weighted by Crippen LogP contribution is -2.52. The van der Waals surface area contributed by atoms with E-state index >= 15 is 0 Å². The second kappa shape index (κ2) is 12.5. The van der Waals surface area contributed by atoms with Crippen molar-refractivity contribution in [2.45, 2.75) is 76.2 Å². The Morgan fingerprint density at radius 1 is 1.06 bits per heavy atom. The molecule has 0 aliphatic carbocycles. The van der Waals surface area contributed by atoms with E-state index < -0.39 is 15.2 Å². The maximum Gasteiger partial charge on any atom is 0.335 e. The standard InChI is InChI=1S/C10H17NO3.C10H15NO2.CH3ClO2S.CH4/c1-11-6-3-4-7(11)9(8(12)5-6)10(13)14-2;1-11-7-3-5-8(10(12)13-2)9(11)6-4-7;1-5(2,3)4;/h6-9,12H,3-5H2,1-2H3;5,7,9H,3-4,6H2,1-2H3;1H3;1H4/t6-,7?,8?,9?;7-,9?;;/m10../s1. The van der Waals surface area contributed by atoms with Crippen LogP contribution >= 0.6 is 10.7 Å². The number of piperidine rings is 1. The summed E-state index contributed by atoms with van der Waals surface area (Å²) in [5, 5.41) is 9.84. The van der Waals surface area contributed by atoms with Crippen LogP contribution < -0.4 is 0 Å². The zero-order valence-corrected chi connectivity index (χ0v) is 20.9. The van der Waals surface area contributed by atoms with Crippen LogP contribution in [0.4, 0.5) is 0 Å². The lowest BCUT2D eigenvalue weighted by Gasteiger charge is -2.39. The van der Waals surface area contributed by atoms with E-state index in [1.54, 1.807) is 0 Å². The van der Waals surface area contributed by atoms with Gasteiger partial charge in [-0.25, -0.2) is 13.2 Å². The normalized spacial score (nSPS) is 32.8. The predicted octanol–water partition coefficient (Wildman–Crippen LogP) is 1.78. The number of ether oxygens (including phenoxy) is 2. The van der Waals surface area contributed by atoms with Crippen LogP contribution in [0, 0.1) is 5.92 Å². The van der Waals surface area contributed by atoms with Gasteiger partial charge < -0.3 is 14.6 Å². The van der Waals surface area contributed by atoms with Gasteiger partial charge in [0.2, 0.25) is 9.05 Å². The van der Waals surface area contributed by atoms with Crippen LogP contribution in [-0.4, -0.2) is 100 Å². The summed E-state index contributed by atoms with van der Waals surface area (Å²) in [6.45, 7) is 0. The van der Waals surface area contributed by atoms with Gasteiger partial charge in [0.15, 0.2) is 0 Å². The molecule has 0 radical (unpaired) electrons. The third kappa shape index (κ3) is 7.65. The zero-order valence-electron chi connectivity index (χ0n) is 19.4. The van der Waals surface area contributed by atoms with Crippen LogP contribution in [0.2, 0.25) is 0 Å². The van der Waals surface area contributed by atoms with Gasteiger partial charge in [-0.1, -0.05) is 13.5 Å². The van der Waals surface area contributed by atoms with Gasteiger partial charge in [-0.05, 0) is 52.6 Å². The largest absolute Gasteiger partial charge is 0.469 e. The van der Waals surface area contributed by atoms with Crippen molar-refractivity contribution < 1.29 is 32.6 Å². The number of fused-ring (bicyclic) bond motifs is 4. The highest BCUT2D eigenvalue weighted by molar-refractivity contribution is 8.13. The molecule has 0 amide bonds. The van der Waals surface area contributed by atoms with E-state index in [2.05, 4.69) is 27.5 Å². The molecule has 4 aliphatic rings. The van der Waals surface area contributed by atoms with Crippen molar-refractivity contribution in [2.75, 3.05) is 34.6 Å². The number of carbonyl (C=O) groups is 2. The van der Waals surface area contributed by atoms with Gasteiger partial charge in [-0.15, -0.1) is 0 Å². The van der Waals surface area contributed by atoms with Crippen molar-refractivity contribution >= 4 is 31.7 Å². The smallest absolute Gasteiger partial charge is 0.335 e. The molecule has 4 rings (SSSR count). The molecule has 6 atom stereocenters. The molecule has 11 heteroatoms. The highest BCUT2D eigenvalue weighted by Crippen LogP contribution is 2.38. The summed E-state index contributed by atoms with van der Waals surface area (Å²) < 4.78 is 28.3. The van der Waals surface area contributed by atoms with Crippen LogP contribution in [0.25, 0.3) is 0 Å². The van der Waals surface area contributed by atoms with E-state index in [0.717, 1.165) is 37.5 Å². The number of rotatable bonds is 2. The number of aliphatic hydroxyl groups is 1. The SMILES string of the molecule is C.COC(=O)C1=CC[C@H]2CCC1N2C.COC(=O)C1C(O)C[C@H]2CCC1N2C.CS(=O)(=O)Cl. The first-order valence-corrected chi connectivity index (χ1v) is 13.5. The summed E-state index contributed by atoms with van der Waals surface area (Å²) in [5.74, 6) is -0.768. The molecule has 3 saturated heterocycles. The van der Waals surface area contributed by atoms with Gasteiger partial charge in [0, 0.05) is 34.8 Å². The third-order valence-corrected chi connectivity index (χ3v) is 6.94. The number of carbonyl (C=O) groups excluding carboxylic acids is 2. The Bertz CT molecular complexity index is 812. The Morgan fingerprint density at radius 2 is 1.64 bits per heavy atom. The van der Waals surface area contributed by atoms with Gasteiger partial charge in [-0.3, -0.25) is 14.6 Å². The average molecular weight is 511 g/mol. The van der Waals surface area contributed by atoms with Gasteiger partial charge in [0.1, 0.15) is 0 Å². The molecular formula is C22H39ClN2O7S. The zero-order chi connectivity index (χ0) is 24.2. The summed E-state index contributed by atoms with van der Waals surface area (Å²) in [4.78, 5) is 27.4. The van der Waals surface area contributed by atoms with Crippen molar-refractivity contribution in [1.82, 2.24) is 9.80 Å². The number of nitrogens with zero attached hydrogens (tertiary/aromatic N) is 2. The van der Waals surface area contributed by atoms with E-state index in [-0.39, 0.29) is 31.3 Å². The quantitative estimate of drug-likeness (QED) is 0.438. The topological polar surface area (TPSA) is 113 Å². The fourth-order valence-corrected chi connectivity index (χ4v) is 5.30. The van der Waals surface area contributed by atoms with Crippen molar-refractivity contribution in [1.29, 1.82) is 0 Å². The lowest BCUT2D eigenvalue weighted by atomic mass is 9.88. The van der Waals surface area contributed by atoms with Crippen LogP contribution in [0.3, 0.4) is 0 Å². The maximum atomic E-state index is 11.5. The van der Waals surface area contributed by atoms with Crippen molar-refractivity contribution in [2.24, 2.45) is 5.92 Å². The van der Waals surface area contributed by atoms with Crippen molar-refractivity contribution in [3.63, 3.8) is 0 Å². The summed E-state index contributed by atoms with van der Waals surface area (Å²) in [6, 6.07) is 1.59. The second-order valence-electron chi connectivity index (χ2n) is 8.80. The molecule has 4 heterocycles. The number of methoxy groups -OCH3 is 2. The molecule has 33 heavy (non-hydrogen) atoms. The minimum absolute atomic E-state index is 0. The molecule has 4 unspecified atom stereocenters. The molecule has 3 fully saturated rings. The summed E-state index contributed by atoms with van der Waals surface area (Å²) in [7, 11) is 8.27. The molecular weight excluding hydrogens is 472 g/mol. The van der Waals surface area contributed by atoms with Crippen molar-refractivity contribution in [3.05, 3.63) is 11.6 Å². The number of hydrogen-bond acceptors (Lipinski definition) is 9. The van der Waals surface area contributed by atoms with Gasteiger partial charge >= 0.3 is 11.9 Å². The first-order chi connectivity index (χ1) is 14.9. The van der Waals surface area contributed by atoms with Gasteiger partial charge in [0.05, 0.1) is 38.1 Å². The molecule has 0 aromatic heterocycles. The predicted molar refractivity (Wildman–Crippen MR) is 127 cm³/mol. The molecule has 0 aromatic rings. The number of likely N-dealkylation sites (N-methyl/N-ethyl adjacent to an activating group) is 1. The minimum Gasteiger partial charge on any atom is -0.469 e. The van der Waals surface area contributed by atoms with Crippen LogP contribution in [0.5, 0.6) is 0 Å². The molecule has 4 aliphatic heterocycles. The molecule has 1 N–H and O–H groups in total. The first kappa shape index (κ1) is 29.8. The minimum atomic E-state index is -3.19. The Kier molecular flexibility index (Phi) is 11.3. The number of esters is 2. The van der Waals surface area contributed by atoms with Crippen LogP contribution in [0.1, 0.15) is 46.0 Å². The van der Waals surface area contributed by atoms with E-state index in [1.165, 1.54) is 20.6 Å². The highest BCUT2D eigenvalue weighted by atomic mass is 35.7. The summed E-state index contributed by atoms with van der Waals surface area (Å²) in [5.41, 5.74) is 0.860. The lowest BCUT2D eigenvalue weighted by molar-refractivity contribution is -0.155. The Balaban J connectivity index is 0.000000269. The van der Waals surface area contributed by atoms with E-state index in [0.29, 0.717) is 24.5 Å². The number of aliphatic hydroxyl groups excluding tert-OH is 1.